The number of allylic oxidation sites excluding steroid dienone is 1. The maximum absolute atomic E-state index is 13.6. The Bertz CT molecular complexity index is 799. The highest BCUT2D eigenvalue weighted by Gasteiger charge is 2.61. The lowest BCUT2D eigenvalue weighted by Gasteiger charge is -2.58. The lowest BCUT2D eigenvalue weighted by Crippen LogP contribution is -2.55. The summed E-state index contributed by atoms with van der Waals surface area (Å²) in [5, 5.41) is 4.32. The number of thioether (sulfide) groups is 1. The smallest absolute Gasteiger partial charge is 0.224 e. The van der Waals surface area contributed by atoms with Gasteiger partial charge in [0.05, 0.1) is 0 Å². The summed E-state index contributed by atoms with van der Waals surface area (Å²) in [6.07, 6.45) is 17.5. The molecular weight excluding hydrogens is 390 g/mol. The zero-order valence-electron chi connectivity index (χ0n) is 18.6. The van der Waals surface area contributed by atoms with E-state index < -0.39 is 0 Å². The Morgan fingerprint density at radius 2 is 1.80 bits per heavy atom. The van der Waals surface area contributed by atoms with E-state index >= 15 is 0 Å². The molecule has 5 saturated carbocycles. The van der Waals surface area contributed by atoms with E-state index in [0.717, 1.165) is 24.7 Å². The van der Waals surface area contributed by atoms with Crippen LogP contribution in [-0.2, 0) is 9.59 Å². The van der Waals surface area contributed by atoms with Gasteiger partial charge in [0.25, 0.3) is 0 Å². The van der Waals surface area contributed by atoms with E-state index in [4.69, 9.17) is 0 Å². The number of hydrogen-bond donors (Lipinski definition) is 1. The molecule has 30 heavy (non-hydrogen) atoms. The van der Waals surface area contributed by atoms with Gasteiger partial charge < -0.3 is 5.32 Å². The molecule has 1 aliphatic heterocycles. The molecule has 0 unspecified atom stereocenters. The van der Waals surface area contributed by atoms with Gasteiger partial charge in [-0.05, 0) is 106 Å². The number of rotatable bonds is 2. The molecular formula is C26H37NO2S. The summed E-state index contributed by atoms with van der Waals surface area (Å²) in [7, 11) is 0. The second-order valence-corrected chi connectivity index (χ2v) is 13.4. The van der Waals surface area contributed by atoms with Crippen molar-refractivity contribution in [3.63, 3.8) is 0 Å². The van der Waals surface area contributed by atoms with Crippen LogP contribution in [0.15, 0.2) is 12.2 Å². The highest BCUT2D eigenvalue weighted by atomic mass is 32.2. The molecule has 6 aliphatic rings. The molecule has 0 aromatic heterocycles. The average molecular weight is 428 g/mol. The van der Waals surface area contributed by atoms with Crippen molar-refractivity contribution in [2.45, 2.75) is 95.3 Å². The van der Waals surface area contributed by atoms with E-state index in [1.54, 1.807) is 11.8 Å². The first-order valence-electron chi connectivity index (χ1n) is 12.5. The molecule has 2 bridgehead atoms. The number of carbonyl (C=O) groups excluding carboxylic acids is 2. The normalized spacial score (nSPS) is 53.9. The maximum atomic E-state index is 13.6. The minimum absolute atomic E-state index is 0.148. The van der Waals surface area contributed by atoms with Crippen molar-refractivity contribution in [1.29, 1.82) is 0 Å². The van der Waals surface area contributed by atoms with Crippen molar-refractivity contribution in [2.24, 2.45) is 40.4 Å². The number of fused-ring (bicyclic) bond motifs is 7. The van der Waals surface area contributed by atoms with E-state index in [0.29, 0.717) is 23.0 Å². The Balaban J connectivity index is 1.22. The number of carbonyl (C=O) groups is 2. The Labute approximate surface area is 185 Å². The van der Waals surface area contributed by atoms with Gasteiger partial charge in [-0.1, -0.05) is 31.7 Å². The van der Waals surface area contributed by atoms with Crippen molar-refractivity contribution >= 4 is 22.8 Å². The van der Waals surface area contributed by atoms with Crippen molar-refractivity contribution in [3.05, 3.63) is 12.2 Å². The minimum Gasteiger partial charge on any atom is -0.350 e. The molecule has 6 rings (SSSR count). The van der Waals surface area contributed by atoms with Crippen LogP contribution < -0.4 is 5.32 Å². The lowest BCUT2D eigenvalue weighted by molar-refractivity contribution is -0.134. The van der Waals surface area contributed by atoms with Gasteiger partial charge in [0.2, 0.25) is 11.0 Å². The van der Waals surface area contributed by atoms with Crippen LogP contribution in [0.5, 0.6) is 0 Å². The van der Waals surface area contributed by atoms with Crippen LogP contribution in [0.4, 0.5) is 0 Å². The first-order valence-corrected chi connectivity index (χ1v) is 13.4. The number of amides is 1. The van der Waals surface area contributed by atoms with Crippen LogP contribution in [0, 0.1) is 40.4 Å². The van der Waals surface area contributed by atoms with Gasteiger partial charge in [-0.25, -0.2) is 0 Å². The Hall–Kier alpha value is -0.770. The molecule has 7 atom stereocenters. The van der Waals surface area contributed by atoms with Gasteiger partial charge in [-0.15, -0.1) is 0 Å². The summed E-state index contributed by atoms with van der Waals surface area (Å²) in [5.74, 6) is 3.55. The van der Waals surface area contributed by atoms with Gasteiger partial charge in [0.1, 0.15) is 0 Å². The van der Waals surface area contributed by atoms with Crippen molar-refractivity contribution in [3.8, 4) is 0 Å². The molecule has 5 fully saturated rings. The fourth-order valence-corrected chi connectivity index (χ4v) is 10.5. The predicted molar refractivity (Wildman–Crippen MR) is 121 cm³/mol. The zero-order chi connectivity index (χ0) is 20.7. The van der Waals surface area contributed by atoms with Gasteiger partial charge in [-0.3, -0.25) is 9.59 Å². The van der Waals surface area contributed by atoms with Crippen LogP contribution in [0.1, 0.15) is 84.5 Å². The lowest BCUT2D eigenvalue weighted by atomic mass is 9.49. The molecule has 164 valence electrons. The highest BCUT2D eigenvalue weighted by Crippen LogP contribution is 2.66. The van der Waals surface area contributed by atoms with Crippen LogP contribution in [0.25, 0.3) is 0 Å². The maximum Gasteiger partial charge on any atom is 0.224 e. The van der Waals surface area contributed by atoms with Crippen molar-refractivity contribution in [2.75, 3.05) is 0 Å². The third-order valence-electron chi connectivity index (χ3n) is 11.0. The van der Waals surface area contributed by atoms with Crippen molar-refractivity contribution < 1.29 is 9.59 Å². The molecule has 0 aromatic rings. The summed E-state index contributed by atoms with van der Waals surface area (Å²) in [5.41, 5.74) is 0.476. The largest absolute Gasteiger partial charge is 0.350 e. The van der Waals surface area contributed by atoms with E-state index in [1.165, 1.54) is 57.8 Å². The fourth-order valence-electron chi connectivity index (χ4n) is 9.35. The molecule has 0 aromatic carbocycles. The minimum atomic E-state index is 0.148. The molecule has 0 radical (unpaired) electrons. The quantitative estimate of drug-likeness (QED) is 0.634. The second-order valence-electron chi connectivity index (χ2n) is 12.2. The summed E-state index contributed by atoms with van der Waals surface area (Å²) in [6, 6.07) is 0. The molecule has 1 N–H and O–H groups in total. The molecule has 1 heterocycles. The predicted octanol–water partition coefficient (Wildman–Crippen LogP) is 5.49. The third kappa shape index (κ3) is 2.70. The fraction of sp³-hybridized carbons (Fsp3) is 0.846. The molecule has 0 saturated heterocycles. The Morgan fingerprint density at radius 3 is 2.53 bits per heavy atom. The molecule has 1 amide bonds. The Morgan fingerprint density at radius 1 is 1.00 bits per heavy atom. The van der Waals surface area contributed by atoms with Crippen LogP contribution >= 0.6 is 11.8 Å². The first kappa shape index (κ1) is 19.9. The topological polar surface area (TPSA) is 46.2 Å². The van der Waals surface area contributed by atoms with Gasteiger partial charge in [0.15, 0.2) is 0 Å². The average Bonchev–Trinajstić information content (AvgIpc) is 3.40. The number of hydrogen-bond acceptors (Lipinski definition) is 3. The SMILES string of the molecule is C[C@]12C=CC(=O)S[C@@H]1CC[C@@H]1[C@@H]2CC[C@]2(C)[C@@H](C(=O)NC34CCC(CC3)C4)CC[C@@H]12. The molecule has 5 aliphatic carbocycles. The molecule has 4 heteroatoms. The monoisotopic (exact) mass is 427 g/mol. The third-order valence-corrected chi connectivity index (χ3v) is 12.4. The van der Waals surface area contributed by atoms with Gasteiger partial charge in [0, 0.05) is 22.1 Å². The van der Waals surface area contributed by atoms with Crippen molar-refractivity contribution in [1.82, 2.24) is 5.32 Å². The van der Waals surface area contributed by atoms with E-state index in [2.05, 4.69) is 25.2 Å². The molecule has 3 nitrogen and oxygen atoms in total. The summed E-state index contributed by atoms with van der Waals surface area (Å²) >= 11 is 1.59. The first-order chi connectivity index (χ1) is 14.3. The zero-order valence-corrected chi connectivity index (χ0v) is 19.4. The summed E-state index contributed by atoms with van der Waals surface area (Å²) in [6.45, 7) is 4.88. The van der Waals surface area contributed by atoms with Crippen LogP contribution in [0.2, 0.25) is 0 Å². The second kappa shape index (κ2) is 6.62. The van der Waals surface area contributed by atoms with Gasteiger partial charge in [-0.2, -0.15) is 0 Å². The highest BCUT2D eigenvalue weighted by molar-refractivity contribution is 8.14. The van der Waals surface area contributed by atoms with Gasteiger partial charge >= 0.3 is 0 Å². The Kier molecular flexibility index (Phi) is 4.39. The number of nitrogens with one attached hydrogen (secondary N) is 1. The van der Waals surface area contributed by atoms with E-state index in [9.17, 15) is 9.59 Å². The summed E-state index contributed by atoms with van der Waals surface area (Å²) < 4.78 is 0. The summed E-state index contributed by atoms with van der Waals surface area (Å²) in [4.78, 5) is 25.6. The van der Waals surface area contributed by atoms with E-state index in [-0.39, 0.29) is 27.4 Å². The standard InChI is InChI=1S/C26H37NO2S/c1-24-11-9-19-17(3-6-21-25(19,2)12-10-22(28)30-21)18(24)4-5-20(24)23(29)27-26-13-7-16(15-26)8-14-26/h10,12,16-21H,3-9,11,13-15H2,1-2H3,(H,27,29)/t16?,17-,18-,19-,20+,21+,24-,25+,26?/m0/s1. The molecule has 0 spiro atoms. The van der Waals surface area contributed by atoms with E-state index in [1.807, 2.05) is 6.08 Å². The van der Waals surface area contributed by atoms with Crippen LogP contribution in [-0.4, -0.2) is 21.8 Å². The van der Waals surface area contributed by atoms with Crippen LogP contribution in [0.3, 0.4) is 0 Å².